The number of ether oxygens (including phenoxy) is 1. The van der Waals surface area contributed by atoms with Crippen molar-refractivity contribution in [2.45, 2.75) is 49.9 Å². The maximum absolute atomic E-state index is 11.1. The average Bonchev–Trinajstić information content (AvgIpc) is 2.38. The van der Waals surface area contributed by atoms with Crippen LogP contribution in [0.5, 0.6) is 0 Å². The van der Waals surface area contributed by atoms with Crippen LogP contribution in [-0.4, -0.2) is 80.6 Å². The van der Waals surface area contributed by atoms with Crippen LogP contribution in [0.25, 0.3) is 0 Å². The zero-order chi connectivity index (χ0) is 15.4. The van der Waals surface area contributed by atoms with E-state index in [-0.39, 0.29) is 6.42 Å². The molecule has 116 valence electrons. The van der Waals surface area contributed by atoms with Gasteiger partial charge in [-0.15, -0.1) is 0 Å². The highest BCUT2D eigenvalue weighted by atomic mass is 16.5. The van der Waals surface area contributed by atoms with Crippen molar-refractivity contribution >= 4 is 11.9 Å². The number of nitrogens with one attached hydrogen (secondary N) is 1. The minimum atomic E-state index is -1.66. The number of aliphatic hydroxyl groups excluding tert-OH is 4. The van der Waals surface area contributed by atoms with Crippen molar-refractivity contribution in [2.24, 2.45) is 0 Å². The molecule has 1 fully saturated rings. The highest BCUT2D eigenvalue weighted by molar-refractivity contribution is 5.74. The highest BCUT2D eigenvalue weighted by Crippen LogP contribution is 2.24. The Morgan fingerprint density at radius 1 is 1.40 bits per heavy atom. The number of hydrogen-bond acceptors (Lipinski definition) is 7. The Kier molecular flexibility index (Phi) is 5.84. The Balaban J connectivity index is 2.94. The third-order valence-electron chi connectivity index (χ3n) is 3.11. The van der Waals surface area contributed by atoms with Crippen molar-refractivity contribution in [3.05, 3.63) is 0 Å². The van der Waals surface area contributed by atoms with Gasteiger partial charge >= 0.3 is 5.97 Å². The molecule has 1 saturated heterocycles. The van der Waals surface area contributed by atoms with Crippen LogP contribution in [0, 0.1) is 0 Å². The van der Waals surface area contributed by atoms with Crippen LogP contribution in [-0.2, 0) is 14.3 Å². The fraction of sp³-hybridized carbons (Fsp3) is 0.818. The first-order chi connectivity index (χ1) is 9.27. The quantitative estimate of drug-likeness (QED) is 0.309. The zero-order valence-corrected chi connectivity index (χ0v) is 10.8. The second kappa shape index (κ2) is 6.95. The minimum absolute atomic E-state index is 0.265. The van der Waals surface area contributed by atoms with Crippen LogP contribution < -0.4 is 5.32 Å². The molecule has 1 rings (SSSR count). The lowest BCUT2D eigenvalue weighted by Crippen LogP contribution is -2.63. The van der Waals surface area contributed by atoms with Gasteiger partial charge in [0.1, 0.15) is 18.3 Å². The summed E-state index contributed by atoms with van der Waals surface area (Å²) in [7, 11) is 0. The van der Waals surface area contributed by atoms with E-state index < -0.39 is 55.0 Å². The monoisotopic (exact) mass is 293 g/mol. The number of carbonyl (C=O) groups is 2. The number of hydrogen-bond donors (Lipinski definition) is 6. The molecule has 0 radical (unpaired) electrons. The average molecular weight is 293 g/mol. The molecule has 1 aliphatic rings. The van der Waals surface area contributed by atoms with Crippen LogP contribution in [0.15, 0.2) is 0 Å². The summed E-state index contributed by atoms with van der Waals surface area (Å²) >= 11 is 0. The molecule has 1 aliphatic heterocycles. The van der Waals surface area contributed by atoms with E-state index in [4.69, 9.17) is 14.9 Å². The van der Waals surface area contributed by atoms with E-state index in [2.05, 4.69) is 5.32 Å². The predicted molar refractivity (Wildman–Crippen MR) is 63.6 cm³/mol. The largest absolute Gasteiger partial charge is 0.479 e. The number of aliphatic hydroxyl groups is 4. The van der Waals surface area contributed by atoms with E-state index in [0.717, 1.165) is 0 Å². The molecule has 6 N–H and O–H groups in total. The van der Waals surface area contributed by atoms with E-state index in [1.54, 1.807) is 0 Å². The number of amides is 1. The standard InChI is InChI=1S/C11H19NO8/c1-4(14)12-8-5(15)2-7(11(18)19)20-10(8)9(17)6(16)3-13/h5-10,13,15-17H,2-3H2,1H3,(H,12,14)(H,18,19)/t5-,6-,7-,8-,9-,10-/m1/s1. The molecule has 1 heterocycles. The normalized spacial score (nSPS) is 33.2. The molecule has 20 heavy (non-hydrogen) atoms. The van der Waals surface area contributed by atoms with Gasteiger partial charge in [-0.2, -0.15) is 0 Å². The molecule has 0 spiro atoms. The van der Waals surface area contributed by atoms with Crippen molar-refractivity contribution < 1.29 is 39.9 Å². The number of carbonyl (C=O) groups excluding carboxylic acids is 1. The fourth-order valence-electron chi connectivity index (χ4n) is 2.11. The van der Waals surface area contributed by atoms with Crippen LogP contribution in [0.2, 0.25) is 0 Å². The lowest BCUT2D eigenvalue weighted by molar-refractivity contribution is -0.195. The minimum Gasteiger partial charge on any atom is -0.479 e. The van der Waals surface area contributed by atoms with E-state index in [1.165, 1.54) is 6.92 Å². The summed E-state index contributed by atoms with van der Waals surface area (Å²) in [6, 6.07) is -1.08. The summed E-state index contributed by atoms with van der Waals surface area (Å²) in [5.41, 5.74) is 0. The molecule has 6 atom stereocenters. The van der Waals surface area contributed by atoms with Gasteiger partial charge in [-0.25, -0.2) is 4.79 Å². The Bertz CT molecular complexity index is 362. The molecule has 0 saturated carbocycles. The first kappa shape index (κ1) is 16.8. The maximum atomic E-state index is 11.1. The predicted octanol–water partition coefficient (Wildman–Crippen LogP) is -3.19. The van der Waals surface area contributed by atoms with Gasteiger partial charge in [0.15, 0.2) is 6.10 Å². The molecular weight excluding hydrogens is 274 g/mol. The van der Waals surface area contributed by atoms with E-state index >= 15 is 0 Å². The van der Waals surface area contributed by atoms with E-state index in [9.17, 15) is 24.9 Å². The molecule has 0 aromatic heterocycles. The van der Waals surface area contributed by atoms with Crippen molar-refractivity contribution in [3.63, 3.8) is 0 Å². The summed E-state index contributed by atoms with van der Waals surface area (Å²) < 4.78 is 5.12. The smallest absolute Gasteiger partial charge is 0.332 e. The molecule has 9 nitrogen and oxygen atoms in total. The summed E-state index contributed by atoms with van der Waals surface area (Å²) in [5, 5.41) is 49.2. The lowest BCUT2D eigenvalue weighted by atomic mass is 9.90. The van der Waals surface area contributed by atoms with Gasteiger partial charge in [-0.05, 0) is 0 Å². The number of aliphatic carboxylic acids is 1. The molecule has 0 aliphatic carbocycles. The number of rotatable bonds is 5. The summed E-state index contributed by atoms with van der Waals surface area (Å²) in [5.74, 6) is -1.84. The Morgan fingerprint density at radius 3 is 2.45 bits per heavy atom. The van der Waals surface area contributed by atoms with Crippen molar-refractivity contribution in [2.75, 3.05) is 6.61 Å². The molecule has 0 unspecified atom stereocenters. The van der Waals surface area contributed by atoms with Crippen molar-refractivity contribution in [1.82, 2.24) is 5.32 Å². The first-order valence-corrected chi connectivity index (χ1v) is 6.08. The van der Waals surface area contributed by atoms with E-state index in [1.807, 2.05) is 0 Å². The van der Waals surface area contributed by atoms with Gasteiger partial charge in [0.2, 0.25) is 5.91 Å². The number of carboxylic acids is 1. The van der Waals surface area contributed by atoms with Crippen LogP contribution >= 0.6 is 0 Å². The lowest BCUT2D eigenvalue weighted by Gasteiger charge is -2.41. The Labute approximate surface area is 114 Å². The Morgan fingerprint density at radius 2 is 2.00 bits per heavy atom. The van der Waals surface area contributed by atoms with Gasteiger partial charge in [0, 0.05) is 13.3 Å². The SMILES string of the molecule is CC(=O)N[C@H]1[C@H]([C@H](O)[C@H](O)CO)O[C@@H](C(=O)O)C[C@H]1O. The van der Waals surface area contributed by atoms with Crippen LogP contribution in [0.3, 0.4) is 0 Å². The van der Waals surface area contributed by atoms with E-state index in [0.29, 0.717) is 0 Å². The molecular formula is C11H19NO8. The number of carboxylic acid groups (broad SMARTS) is 1. The molecule has 0 bridgehead atoms. The second-order valence-electron chi connectivity index (χ2n) is 4.70. The van der Waals surface area contributed by atoms with Gasteiger partial charge in [-0.1, -0.05) is 0 Å². The summed E-state index contributed by atoms with van der Waals surface area (Å²) in [4.78, 5) is 22.0. The van der Waals surface area contributed by atoms with Gasteiger partial charge in [-0.3, -0.25) is 4.79 Å². The van der Waals surface area contributed by atoms with Gasteiger partial charge in [0.05, 0.1) is 18.8 Å². The molecule has 1 amide bonds. The van der Waals surface area contributed by atoms with Gasteiger partial charge in [0.25, 0.3) is 0 Å². The third kappa shape index (κ3) is 3.87. The maximum Gasteiger partial charge on any atom is 0.332 e. The van der Waals surface area contributed by atoms with Gasteiger partial charge < -0.3 is 35.6 Å². The Hall–Kier alpha value is -1.26. The van der Waals surface area contributed by atoms with Crippen molar-refractivity contribution in [3.8, 4) is 0 Å². The molecule has 0 aromatic rings. The fourth-order valence-corrected chi connectivity index (χ4v) is 2.11. The summed E-state index contributed by atoms with van der Waals surface area (Å²) in [6.45, 7) is 0.406. The second-order valence-corrected chi connectivity index (χ2v) is 4.70. The summed E-state index contributed by atoms with van der Waals surface area (Å²) in [6.07, 6.45) is -7.51. The van der Waals surface area contributed by atoms with Crippen molar-refractivity contribution in [1.29, 1.82) is 0 Å². The molecule has 0 aromatic carbocycles. The first-order valence-electron chi connectivity index (χ1n) is 6.08. The molecule has 9 heteroatoms. The highest BCUT2D eigenvalue weighted by Gasteiger charge is 2.45. The van der Waals surface area contributed by atoms with Crippen LogP contribution in [0.1, 0.15) is 13.3 Å². The zero-order valence-electron chi connectivity index (χ0n) is 10.8. The third-order valence-corrected chi connectivity index (χ3v) is 3.11. The van der Waals surface area contributed by atoms with Crippen LogP contribution in [0.4, 0.5) is 0 Å². The topological polar surface area (TPSA) is 157 Å².